The molecule has 1 aromatic rings. The topological polar surface area (TPSA) is 58.9 Å². The van der Waals surface area contributed by atoms with E-state index >= 15 is 0 Å². The summed E-state index contributed by atoms with van der Waals surface area (Å²) < 4.78 is 11.3. The van der Waals surface area contributed by atoms with E-state index in [2.05, 4.69) is 15.9 Å². The number of aliphatic hydroxyl groups is 1. The van der Waals surface area contributed by atoms with Gasteiger partial charge < -0.3 is 19.7 Å². The fourth-order valence-electron chi connectivity index (χ4n) is 1.50. The van der Waals surface area contributed by atoms with Crippen LogP contribution in [0.2, 0.25) is 0 Å². The van der Waals surface area contributed by atoms with Crippen LogP contribution < -0.4 is 9.47 Å². The molecule has 0 bridgehead atoms. The summed E-state index contributed by atoms with van der Waals surface area (Å²) in [6.07, 6.45) is 0.390. The summed E-state index contributed by atoms with van der Waals surface area (Å²) in [6, 6.07) is 1.70. The van der Waals surface area contributed by atoms with Crippen molar-refractivity contribution in [2.24, 2.45) is 0 Å². The first-order valence-corrected chi connectivity index (χ1v) is 5.44. The second kappa shape index (κ2) is 4.28. The first kappa shape index (κ1) is 10.6. The quantitative estimate of drug-likeness (QED) is 0.858. The molecule has 0 saturated heterocycles. The standard InChI is InChI=1S/C10H11BrO4/c11-8-9(13)6(1-2-12)5-7-10(8)15-4-3-14-7/h5,12-13H,1-4H2. The van der Waals surface area contributed by atoms with Crippen LogP contribution in [0.4, 0.5) is 0 Å². The zero-order chi connectivity index (χ0) is 10.8. The van der Waals surface area contributed by atoms with Crippen LogP contribution in [-0.4, -0.2) is 30.0 Å². The lowest BCUT2D eigenvalue weighted by atomic mass is 10.1. The molecule has 5 heteroatoms. The number of rotatable bonds is 2. The Bertz CT molecular complexity index is 378. The number of benzene rings is 1. The van der Waals surface area contributed by atoms with Crippen LogP contribution in [0.3, 0.4) is 0 Å². The molecule has 2 rings (SSSR count). The van der Waals surface area contributed by atoms with Gasteiger partial charge in [-0.2, -0.15) is 0 Å². The van der Waals surface area contributed by atoms with Crippen molar-refractivity contribution in [3.8, 4) is 17.2 Å². The van der Waals surface area contributed by atoms with Crippen LogP contribution in [0, 0.1) is 0 Å². The van der Waals surface area contributed by atoms with Gasteiger partial charge in [0.1, 0.15) is 23.4 Å². The summed E-state index contributed by atoms with van der Waals surface area (Å²) >= 11 is 3.25. The van der Waals surface area contributed by atoms with E-state index < -0.39 is 0 Å². The molecule has 0 atom stereocenters. The van der Waals surface area contributed by atoms with Crippen LogP contribution in [0.25, 0.3) is 0 Å². The molecule has 0 aromatic heterocycles. The third-order valence-corrected chi connectivity index (χ3v) is 2.94. The number of aromatic hydroxyl groups is 1. The minimum absolute atomic E-state index is 0.0142. The van der Waals surface area contributed by atoms with Crippen LogP contribution in [0.1, 0.15) is 5.56 Å². The molecule has 0 amide bonds. The molecular weight excluding hydrogens is 264 g/mol. The zero-order valence-corrected chi connectivity index (χ0v) is 9.58. The first-order chi connectivity index (χ1) is 7.24. The predicted molar refractivity (Wildman–Crippen MR) is 57.6 cm³/mol. The number of ether oxygens (including phenoxy) is 2. The van der Waals surface area contributed by atoms with Gasteiger partial charge in [0.15, 0.2) is 11.5 Å². The van der Waals surface area contributed by atoms with Crippen molar-refractivity contribution in [3.63, 3.8) is 0 Å². The van der Waals surface area contributed by atoms with Crippen molar-refractivity contribution >= 4 is 15.9 Å². The normalized spacial score (nSPS) is 14.0. The number of phenols is 1. The summed E-state index contributed by atoms with van der Waals surface area (Å²) in [5.74, 6) is 1.24. The smallest absolute Gasteiger partial charge is 0.179 e. The van der Waals surface area contributed by atoms with E-state index in [0.29, 0.717) is 41.2 Å². The highest BCUT2D eigenvalue weighted by Crippen LogP contribution is 2.45. The molecule has 1 aliphatic heterocycles. The first-order valence-electron chi connectivity index (χ1n) is 4.65. The van der Waals surface area contributed by atoms with E-state index in [1.165, 1.54) is 0 Å². The van der Waals surface area contributed by atoms with Gasteiger partial charge in [-0.05, 0) is 28.4 Å². The third-order valence-electron chi connectivity index (χ3n) is 2.21. The lowest BCUT2D eigenvalue weighted by molar-refractivity contribution is 0.169. The molecule has 1 aliphatic rings. The molecule has 4 nitrogen and oxygen atoms in total. The van der Waals surface area contributed by atoms with Crippen molar-refractivity contribution in [1.29, 1.82) is 0 Å². The number of aliphatic hydroxyl groups excluding tert-OH is 1. The third kappa shape index (κ3) is 1.89. The van der Waals surface area contributed by atoms with E-state index in [9.17, 15) is 5.11 Å². The summed E-state index contributed by atoms with van der Waals surface area (Å²) in [5.41, 5.74) is 0.647. The molecule has 0 unspecified atom stereocenters. The van der Waals surface area contributed by atoms with Gasteiger partial charge in [-0.15, -0.1) is 0 Å². The maximum absolute atomic E-state index is 9.79. The van der Waals surface area contributed by atoms with Gasteiger partial charge in [0, 0.05) is 12.2 Å². The maximum Gasteiger partial charge on any atom is 0.179 e. The number of hydrogen-bond donors (Lipinski definition) is 2. The summed E-state index contributed by atoms with van der Waals surface area (Å²) in [7, 11) is 0. The fraction of sp³-hybridized carbons (Fsp3) is 0.400. The highest BCUT2D eigenvalue weighted by molar-refractivity contribution is 9.10. The van der Waals surface area contributed by atoms with Gasteiger partial charge in [-0.1, -0.05) is 0 Å². The molecule has 0 fully saturated rings. The fourth-order valence-corrected chi connectivity index (χ4v) is 2.06. The lowest BCUT2D eigenvalue weighted by Gasteiger charge is -2.21. The zero-order valence-electron chi connectivity index (χ0n) is 7.99. The summed E-state index contributed by atoms with van der Waals surface area (Å²) in [6.45, 7) is 0.965. The maximum atomic E-state index is 9.79. The van der Waals surface area contributed by atoms with Gasteiger partial charge in [0.05, 0.1) is 0 Å². The number of phenolic OH excluding ortho intramolecular Hbond substituents is 1. The molecule has 0 radical (unpaired) electrons. The molecule has 82 valence electrons. The van der Waals surface area contributed by atoms with Gasteiger partial charge in [-0.3, -0.25) is 0 Å². The number of hydrogen-bond acceptors (Lipinski definition) is 4. The Hall–Kier alpha value is -0.940. The minimum Gasteiger partial charge on any atom is -0.506 e. The lowest BCUT2D eigenvalue weighted by Crippen LogP contribution is -2.16. The highest BCUT2D eigenvalue weighted by Gasteiger charge is 2.20. The van der Waals surface area contributed by atoms with Gasteiger partial charge >= 0.3 is 0 Å². The molecule has 0 spiro atoms. The van der Waals surface area contributed by atoms with Crippen LogP contribution in [0.5, 0.6) is 17.2 Å². The molecule has 0 aliphatic carbocycles. The largest absolute Gasteiger partial charge is 0.506 e. The van der Waals surface area contributed by atoms with Gasteiger partial charge in [0.2, 0.25) is 0 Å². The molecule has 15 heavy (non-hydrogen) atoms. The van der Waals surface area contributed by atoms with Crippen LogP contribution in [0.15, 0.2) is 10.5 Å². The van der Waals surface area contributed by atoms with E-state index in [4.69, 9.17) is 14.6 Å². The molecule has 0 saturated carbocycles. The predicted octanol–water partition coefficient (Wildman–Crippen LogP) is 1.46. The Morgan fingerprint density at radius 1 is 1.33 bits per heavy atom. The SMILES string of the molecule is OCCc1cc2c(c(Br)c1O)OCCO2. The van der Waals surface area contributed by atoms with Crippen molar-refractivity contribution in [1.82, 2.24) is 0 Å². The monoisotopic (exact) mass is 274 g/mol. The van der Waals surface area contributed by atoms with Crippen LogP contribution in [-0.2, 0) is 6.42 Å². The van der Waals surface area contributed by atoms with E-state index in [-0.39, 0.29) is 12.4 Å². The average molecular weight is 275 g/mol. The Morgan fingerprint density at radius 3 is 2.80 bits per heavy atom. The van der Waals surface area contributed by atoms with Gasteiger partial charge in [-0.25, -0.2) is 0 Å². The van der Waals surface area contributed by atoms with Crippen LogP contribution >= 0.6 is 15.9 Å². The Kier molecular flexibility index (Phi) is 3.02. The van der Waals surface area contributed by atoms with E-state index in [1.807, 2.05) is 0 Å². The van der Waals surface area contributed by atoms with Crippen molar-refractivity contribution < 1.29 is 19.7 Å². The Balaban J connectivity index is 2.47. The van der Waals surface area contributed by atoms with Crippen molar-refractivity contribution in [3.05, 3.63) is 16.1 Å². The molecular formula is C10H11BrO4. The Morgan fingerprint density at radius 2 is 2.07 bits per heavy atom. The number of halogens is 1. The molecule has 2 N–H and O–H groups in total. The van der Waals surface area contributed by atoms with Crippen molar-refractivity contribution in [2.45, 2.75) is 6.42 Å². The Labute approximate surface area is 95.6 Å². The van der Waals surface area contributed by atoms with E-state index in [1.54, 1.807) is 6.07 Å². The minimum atomic E-state index is -0.0142. The number of fused-ring (bicyclic) bond motifs is 1. The molecule has 1 aromatic carbocycles. The average Bonchev–Trinajstić information content (AvgIpc) is 2.26. The highest BCUT2D eigenvalue weighted by atomic mass is 79.9. The van der Waals surface area contributed by atoms with E-state index in [0.717, 1.165) is 0 Å². The van der Waals surface area contributed by atoms with Gasteiger partial charge in [0.25, 0.3) is 0 Å². The second-order valence-electron chi connectivity index (χ2n) is 3.20. The second-order valence-corrected chi connectivity index (χ2v) is 3.99. The summed E-state index contributed by atoms with van der Waals surface area (Å²) in [4.78, 5) is 0. The molecule has 1 heterocycles. The van der Waals surface area contributed by atoms with Crippen molar-refractivity contribution in [2.75, 3.05) is 19.8 Å². The summed E-state index contributed by atoms with van der Waals surface area (Å²) in [5, 5.41) is 18.6.